The lowest BCUT2D eigenvalue weighted by atomic mass is 10.2. The zero-order valence-electron chi connectivity index (χ0n) is 10.6. The van der Waals surface area contributed by atoms with E-state index in [4.69, 9.17) is 16.3 Å². The smallest absolute Gasteiger partial charge is 0.119 e. The molecule has 0 fully saturated rings. The second-order valence-corrected chi connectivity index (χ2v) is 4.96. The van der Waals surface area contributed by atoms with Crippen LogP contribution in [-0.4, -0.2) is 4.57 Å². The van der Waals surface area contributed by atoms with Crippen LogP contribution in [0, 0.1) is 0 Å². The van der Waals surface area contributed by atoms with E-state index in [9.17, 15) is 0 Å². The van der Waals surface area contributed by atoms with Crippen molar-refractivity contribution in [2.45, 2.75) is 6.61 Å². The molecular formula is C16H14ClNO. The molecule has 3 heteroatoms. The Bertz CT molecular complexity index is 700. The Morgan fingerprint density at radius 3 is 2.58 bits per heavy atom. The Morgan fingerprint density at radius 2 is 1.79 bits per heavy atom. The Kier molecular flexibility index (Phi) is 3.18. The van der Waals surface area contributed by atoms with E-state index in [0.29, 0.717) is 6.61 Å². The molecule has 0 aliphatic heterocycles. The van der Waals surface area contributed by atoms with Crippen LogP contribution in [-0.2, 0) is 13.7 Å². The van der Waals surface area contributed by atoms with Crippen LogP contribution in [0.4, 0.5) is 0 Å². The van der Waals surface area contributed by atoms with Gasteiger partial charge in [0.1, 0.15) is 12.4 Å². The van der Waals surface area contributed by atoms with Gasteiger partial charge in [0.05, 0.1) is 0 Å². The molecule has 3 rings (SSSR count). The Balaban J connectivity index is 1.84. The van der Waals surface area contributed by atoms with Gasteiger partial charge in [0.25, 0.3) is 0 Å². The molecule has 19 heavy (non-hydrogen) atoms. The van der Waals surface area contributed by atoms with Crippen LogP contribution < -0.4 is 4.74 Å². The van der Waals surface area contributed by atoms with Crippen molar-refractivity contribution < 1.29 is 4.74 Å². The number of ether oxygens (including phenoxy) is 1. The number of hydrogen-bond donors (Lipinski definition) is 0. The molecule has 1 heterocycles. The van der Waals surface area contributed by atoms with Crippen LogP contribution in [0.3, 0.4) is 0 Å². The molecule has 0 bridgehead atoms. The first-order valence-electron chi connectivity index (χ1n) is 6.15. The van der Waals surface area contributed by atoms with Gasteiger partial charge < -0.3 is 9.30 Å². The Labute approximate surface area is 117 Å². The lowest BCUT2D eigenvalue weighted by Gasteiger charge is -2.05. The summed E-state index contributed by atoms with van der Waals surface area (Å²) in [5, 5.41) is 1.96. The second kappa shape index (κ2) is 4.98. The van der Waals surface area contributed by atoms with Crippen molar-refractivity contribution >= 4 is 22.5 Å². The molecule has 2 aromatic carbocycles. The number of aryl methyl sites for hydroxylation is 1. The molecule has 2 nitrogen and oxygen atoms in total. The average molecular weight is 272 g/mol. The lowest BCUT2D eigenvalue weighted by molar-refractivity contribution is 0.307. The molecule has 0 atom stereocenters. The van der Waals surface area contributed by atoms with Crippen molar-refractivity contribution in [2.24, 2.45) is 7.05 Å². The maximum absolute atomic E-state index is 5.85. The van der Waals surface area contributed by atoms with Crippen molar-refractivity contribution in [2.75, 3.05) is 0 Å². The van der Waals surface area contributed by atoms with Crippen molar-refractivity contribution in [1.82, 2.24) is 4.57 Å². The highest BCUT2D eigenvalue weighted by Crippen LogP contribution is 2.22. The topological polar surface area (TPSA) is 14.2 Å². The second-order valence-electron chi connectivity index (χ2n) is 4.52. The highest BCUT2D eigenvalue weighted by Gasteiger charge is 2.06. The number of nitrogens with zero attached hydrogens (tertiary/aromatic N) is 1. The van der Waals surface area contributed by atoms with Gasteiger partial charge >= 0.3 is 0 Å². The summed E-state index contributed by atoms with van der Waals surface area (Å²) in [4.78, 5) is 0. The van der Waals surface area contributed by atoms with Gasteiger partial charge in [-0.3, -0.25) is 0 Å². The maximum atomic E-state index is 5.85. The molecule has 0 saturated carbocycles. The van der Waals surface area contributed by atoms with Crippen LogP contribution >= 0.6 is 11.6 Å². The zero-order chi connectivity index (χ0) is 13.2. The molecule has 0 aliphatic carbocycles. The number of halogens is 1. The minimum absolute atomic E-state index is 0.559. The van der Waals surface area contributed by atoms with E-state index in [2.05, 4.69) is 22.9 Å². The molecule has 0 aliphatic rings. The van der Waals surface area contributed by atoms with E-state index in [-0.39, 0.29) is 0 Å². The number of rotatable bonds is 3. The summed E-state index contributed by atoms with van der Waals surface area (Å²) in [5.74, 6) is 0.831. The van der Waals surface area contributed by atoms with Gasteiger partial charge in [-0.05, 0) is 30.3 Å². The SMILES string of the molecule is Cn1cc(COc2ccc(Cl)cc2)c2ccccc21. The first-order chi connectivity index (χ1) is 9.24. The van der Waals surface area contributed by atoms with Gasteiger partial charge in [-0.2, -0.15) is 0 Å². The van der Waals surface area contributed by atoms with Crippen molar-refractivity contribution in [3.05, 3.63) is 65.3 Å². The number of hydrogen-bond acceptors (Lipinski definition) is 1. The van der Waals surface area contributed by atoms with Crippen LogP contribution in [0.1, 0.15) is 5.56 Å². The van der Waals surface area contributed by atoms with Gasteiger partial charge in [-0.25, -0.2) is 0 Å². The van der Waals surface area contributed by atoms with E-state index in [1.54, 1.807) is 0 Å². The van der Waals surface area contributed by atoms with Gasteiger partial charge in [-0.1, -0.05) is 29.8 Å². The standard InChI is InChI=1S/C16H14ClNO/c1-18-10-12(15-4-2-3-5-16(15)18)11-19-14-8-6-13(17)7-9-14/h2-10H,11H2,1H3. The van der Waals surface area contributed by atoms with E-state index in [1.165, 1.54) is 16.5 Å². The van der Waals surface area contributed by atoms with Gasteiger partial charge in [0.15, 0.2) is 0 Å². The largest absolute Gasteiger partial charge is 0.489 e. The van der Waals surface area contributed by atoms with Crippen LogP contribution in [0.2, 0.25) is 5.02 Å². The number of aromatic nitrogens is 1. The summed E-state index contributed by atoms with van der Waals surface area (Å²) >= 11 is 5.85. The monoisotopic (exact) mass is 271 g/mol. The molecule has 0 amide bonds. The molecule has 0 saturated heterocycles. The van der Waals surface area contributed by atoms with Crippen molar-refractivity contribution in [1.29, 1.82) is 0 Å². The summed E-state index contributed by atoms with van der Waals surface area (Å²) in [6.45, 7) is 0.559. The van der Waals surface area contributed by atoms with Gasteiger partial charge in [-0.15, -0.1) is 0 Å². The number of fused-ring (bicyclic) bond motifs is 1. The molecular weight excluding hydrogens is 258 g/mol. The molecule has 0 unspecified atom stereocenters. The van der Waals surface area contributed by atoms with E-state index in [0.717, 1.165) is 10.8 Å². The number of para-hydroxylation sites is 1. The van der Waals surface area contributed by atoms with Crippen LogP contribution in [0.25, 0.3) is 10.9 Å². The van der Waals surface area contributed by atoms with E-state index >= 15 is 0 Å². The fraction of sp³-hybridized carbons (Fsp3) is 0.125. The molecule has 3 aromatic rings. The first-order valence-corrected chi connectivity index (χ1v) is 6.53. The third-order valence-corrected chi connectivity index (χ3v) is 3.44. The first kappa shape index (κ1) is 12.1. The minimum atomic E-state index is 0.559. The Morgan fingerprint density at radius 1 is 1.05 bits per heavy atom. The summed E-state index contributed by atoms with van der Waals surface area (Å²) in [7, 11) is 2.05. The highest BCUT2D eigenvalue weighted by atomic mass is 35.5. The molecule has 0 N–H and O–H groups in total. The van der Waals surface area contributed by atoms with Crippen molar-refractivity contribution in [3.63, 3.8) is 0 Å². The fourth-order valence-electron chi connectivity index (χ4n) is 2.23. The Hall–Kier alpha value is -1.93. The molecule has 1 aromatic heterocycles. The van der Waals surface area contributed by atoms with E-state index in [1.807, 2.05) is 43.4 Å². The van der Waals surface area contributed by atoms with Gasteiger partial charge in [0, 0.05) is 34.7 Å². The summed E-state index contributed by atoms with van der Waals surface area (Å²) < 4.78 is 7.92. The third-order valence-electron chi connectivity index (χ3n) is 3.19. The van der Waals surface area contributed by atoms with Crippen molar-refractivity contribution in [3.8, 4) is 5.75 Å². The molecule has 96 valence electrons. The van der Waals surface area contributed by atoms with Crippen LogP contribution in [0.5, 0.6) is 5.75 Å². The zero-order valence-corrected chi connectivity index (χ0v) is 11.4. The third kappa shape index (κ3) is 2.45. The highest BCUT2D eigenvalue weighted by molar-refractivity contribution is 6.30. The maximum Gasteiger partial charge on any atom is 0.119 e. The predicted molar refractivity (Wildman–Crippen MR) is 78.7 cm³/mol. The summed E-state index contributed by atoms with van der Waals surface area (Å²) in [6.07, 6.45) is 2.11. The lowest BCUT2D eigenvalue weighted by Crippen LogP contribution is -1.94. The average Bonchev–Trinajstić information content (AvgIpc) is 2.76. The fourth-order valence-corrected chi connectivity index (χ4v) is 2.36. The molecule has 0 radical (unpaired) electrons. The van der Waals surface area contributed by atoms with Crippen LogP contribution in [0.15, 0.2) is 54.7 Å². The van der Waals surface area contributed by atoms with Gasteiger partial charge in [0.2, 0.25) is 0 Å². The van der Waals surface area contributed by atoms with E-state index < -0.39 is 0 Å². The minimum Gasteiger partial charge on any atom is -0.489 e. The summed E-state index contributed by atoms with van der Waals surface area (Å²) in [5.41, 5.74) is 2.41. The quantitative estimate of drug-likeness (QED) is 0.688. The normalized spacial score (nSPS) is 10.8. The predicted octanol–water partition coefficient (Wildman–Crippen LogP) is 4.41. The molecule has 0 spiro atoms. The number of benzene rings is 2. The summed E-state index contributed by atoms with van der Waals surface area (Å²) in [6, 6.07) is 15.8.